The van der Waals surface area contributed by atoms with Crippen molar-refractivity contribution in [3.8, 4) is 17.1 Å². The number of hydrogen-bond donors (Lipinski definition) is 2. The first kappa shape index (κ1) is 20.3. The molecule has 4 aromatic rings. The minimum Gasteiger partial charge on any atom is -0.496 e. The van der Waals surface area contributed by atoms with Gasteiger partial charge in [0.25, 0.3) is 5.91 Å². The van der Waals surface area contributed by atoms with Crippen LogP contribution >= 0.6 is 0 Å². The maximum atomic E-state index is 13.1. The number of anilines is 1. The van der Waals surface area contributed by atoms with Crippen LogP contribution in [0, 0.1) is 0 Å². The van der Waals surface area contributed by atoms with E-state index >= 15 is 0 Å². The summed E-state index contributed by atoms with van der Waals surface area (Å²) in [7, 11) is 1.65. The number of H-pyrrole nitrogens is 1. The normalized spacial score (nSPS) is 14.0. The van der Waals surface area contributed by atoms with Gasteiger partial charge < -0.3 is 15.0 Å². The number of carbonyl (C=O) groups excluding carboxylic acids is 1. The lowest BCUT2D eigenvalue weighted by Gasteiger charge is -2.17. The number of fused-ring (bicyclic) bond motifs is 1. The van der Waals surface area contributed by atoms with Gasteiger partial charge in [-0.15, -0.1) is 0 Å². The lowest BCUT2D eigenvalue weighted by Crippen LogP contribution is -2.19. The molecule has 0 spiro atoms. The van der Waals surface area contributed by atoms with Gasteiger partial charge in [-0.1, -0.05) is 30.3 Å². The third-order valence-corrected chi connectivity index (χ3v) is 5.96. The van der Waals surface area contributed by atoms with Crippen molar-refractivity contribution in [1.29, 1.82) is 0 Å². The number of amides is 1. The highest BCUT2D eigenvalue weighted by Gasteiger charge is 2.17. The first-order valence-electron chi connectivity index (χ1n) is 11.0. The van der Waals surface area contributed by atoms with Crippen molar-refractivity contribution in [3.63, 3.8) is 0 Å². The van der Waals surface area contributed by atoms with Gasteiger partial charge in [-0.3, -0.25) is 9.69 Å². The maximum absolute atomic E-state index is 13.1. The Labute approximate surface area is 187 Å². The first-order valence-corrected chi connectivity index (χ1v) is 11.0. The number of para-hydroxylation sites is 3. The number of carbonyl (C=O) groups is 1. The zero-order valence-corrected chi connectivity index (χ0v) is 18.1. The summed E-state index contributed by atoms with van der Waals surface area (Å²) < 4.78 is 5.60. The van der Waals surface area contributed by atoms with Crippen LogP contribution in [0.1, 0.15) is 28.8 Å². The topological polar surface area (TPSA) is 70.2 Å². The molecular formula is C26H26N4O2. The summed E-state index contributed by atoms with van der Waals surface area (Å²) in [6.45, 7) is 3.08. The van der Waals surface area contributed by atoms with Crippen molar-refractivity contribution in [2.45, 2.75) is 19.4 Å². The summed E-state index contributed by atoms with van der Waals surface area (Å²) in [5.74, 6) is 1.29. The summed E-state index contributed by atoms with van der Waals surface area (Å²) in [6.07, 6.45) is 2.49. The van der Waals surface area contributed by atoms with Crippen molar-refractivity contribution in [1.82, 2.24) is 14.9 Å². The SMILES string of the molecule is COc1cc(C(=O)Nc2ccccc2-c2nc3ccccc3[nH]2)ccc1CN1CCCC1. The van der Waals surface area contributed by atoms with Crippen LogP contribution in [0.25, 0.3) is 22.4 Å². The quantitative estimate of drug-likeness (QED) is 0.451. The summed E-state index contributed by atoms with van der Waals surface area (Å²) in [5, 5.41) is 3.05. The van der Waals surface area contributed by atoms with E-state index in [0.717, 1.165) is 53.4 Å². The molecule has 0 aliphatic carbocycles. The second kappa shape index (κ2) is 8.85. The molecule has 0 bridgehead atoms. The molecule has 162 valence electrons. The Morgan fingerprint density at radius 3 is 2.66 bits per heavy atom. The van der Waals surface area contributed by atoms with E-state index in [1.54, 1.807) is 7.11 Å². The summed E-state index contributed by atoms with van der Waals surface area (Å²) in [6, 6.07) is 21.3. The number of hydrogen-bond acceptors (Lipinski definition) is 4. The number of ether oxygens (including phenoxy) is 1. The van der Waals surface area contributed by atoms with Gasteiger partial charge in [-0.05, 0) is 62.3 Å². The lowest BCUT2D eigenvalue weighted by atomic mass is 10.1. The summed E-state index contributed by atoms with van der Waals surface area (Å²) in [4.78, 5) is 23.5. The fourth-order valence-corrected chi connectivity index (χ4v) is 4.27. The average molecular weight is 427 g/mol. The van der Waals surface area contributed by atoms with Crippen molar-refractivity contribution in [3.05, 3.63) is 77.9 Å². The van der Waals surface area contributed by atoms with Crippen LogP contribution in [0.5, 0.6) is 5.75 Å². The summed E-state index contributed by atoms with van der Waals surface area (Å²) >= 11 is 0. The molecule has 1 amide bonds. The molecule has 0 radical (unpaired) electrons. The Morgan fingerprint density at radius 2 is 1.84 bits per heavy atom. The number of nitrogens with zero attached hydrogens (tertiary/aromatic N) is 2. The van der Waals surface area contributed by atoms with E-state index < -0.39 is 0 Å². The van der Waals surface area contributed by atoms with Gasteiger partial charge in [0.15, 0.2) is 0 Å². The van der Waals surface area contributed by atoms with Gasteiger partial charge in [-0.2, -0.15) is 0 Å². The van der Waals surface area contributed by atoms with Crippen LogP contribution in [0.15, 0.2) is 66.7 Å². The molecule has 0 saturated carbocycles. The van der Waals surface area contributed by atoms with E-state index in [-0.39, 0.29) is 5.91 Å². The highest BCUT2D eigenvalue weighted by atomic mass is 16.5. The predicted molar refractivity (Wildman–Crippen MR) is 127 cm³/mol. The van der Waals surface area contributed by atoms with Gasteiger partial charge >= 0.3 is 0 Å². The first-order chi connectivity index (χ1) is 15.7. The number of rotatable bonds is 6. The Hall–Kier alpha value is -3.64. The molecule has 5 rings (SSSR count). The Morgan fingerprint density at radius 1 is 1.06 bits per heavy atom. The second-order valence-corrected chi connectivity index (χ2v) is 8.11. The minimum atomic E-state index is -0.181. The number of likely N-dealkylation sites (tertiary alicyclic amines) is 1. The van der Waals surface area contributed by atoms with Crippen molar-refractivity contribution in [2.75, 3.05) is 25.5 Å². The zero-order chi connectivity index (χ0) is 21.9. The van der Waals surface area contributed by atoms with Gasteiger partial charge in [0.2, 0.25) is 0 Å². The van der Waals surface area contributed by atoms with Crippen LogP contribution < -0.4 is 10.1 Å². The van der Waals surface area contributed by atoms with Crippen LogP contribution in [-0.2, 0) is 6.54 Å². The molecule has 1 aliphatic rings. The van der Waals surface area contributed by atoms with Crippen LogP contribution in [0.3, 0.4) is 0 Å². The number of aromatic nitrogens is 2. The molecule has 6 nitrogen and oxygen atoms in total. The fraction of sp³-hybridized carbons (Fsp3) is 0.231. The largest absolute Gasteiger partial charge is 0.496 e. The molecule has 3 aromatic carbocycles. The van der Waals surface area contributed by atoms with E-state index in [9.17, 15) is 4.79 Å². The predicted octanol–water partition coefficient (Wildman–Crippen LogP) is 5.09. The van der Waals surface area contributed by atoms with Crippen LogP contribution in [0.4, 0.5) is 5.69 Å². The van der Waals surface area contributed by atoms with E-state index in [2.05, 4.69) is 20.2 Å². The van der Waals surface area contributed by atoms with Crippen molar-refractivity contribution >= 4 is 22.6 Å². The molecule has 6 heteroatoms. The number of benzene rings is 3. The average Bonchev–Trinajstić information content (AvgIpc) is 3.49. The molecule has 2 N–H and O–H groups in total. The second-order valence-electron chi connectivity index (χ2n) is 8.11. The Bertz CT molecular complexity index is 1220. The van der Waals surface area contributed by atoms with Crippen LogP contribution in [0.2, 0.25) is 0 Å². The minimum absolute atomic E-state index is 0.181. The molecule has 1 saturated heterocycles. The monoisotopic (exact) mass is 426 g/mol. The van der Waals surface area contributed by atoms with Gasteiger partial charge in [0.1, 0.15) is 11.6 Å². The molecule has 0 unspecified atom stereocenters. The van der Waals surface area contributed by atoms with Gasteiger partial charge in [0, 0.05) is 23.2 Å². The Kier molecular flexibility index (Phi) is 5.60. The highest BCUT2D eigenvalue weighted by Crippen LogP contribution is 2.29. The van der Waals surface area contributed by atoms with E-state index in [1.807, 2.05) is 66.7 Å². The highest BCUT2D eigenvalue weighted by molar-refractivity contribution is 6.06. The molecule has 1 aromatic heterocycles. The maximum Gasteiger partial charge on any atom is 0.255 e. The summed E-state index contributed by atoms with van der Waals surface area (Å²) in [5.41, 5.74) is 5.07. The molecule has 1 fully saturated rings. The molecule has 2 heterocycles. The third-order valence-electron chi connectivity index (χ3n) is 5.96. The van der Waals surface area contributed by atoms with Crippen molar-refractivity contribution < 1.29 is 9.53 Å². The Balaban J connectivity index is 1.39. The standard InChI is InChI=1S/C26H26N4O2/c1-32-24-16-18(12-13-19(24)17-30-14-6-7-15-30)26(31)29-21-9-3-2-8-20(21)25-27-22-10-4-5-11-23(22)28-25/h2-5,8-13,16H,6-7,14-15,17H2,1H3,(H,27,28)(H,29,31). The van der Waals surface area contributed by atoms with Gasteiger partial charge in [0.05, 0.1) is 23.8 Å². The molecule has 0 atom stereocenters. The lowest BCUT2D eigenvalue weighted by molar-refractivity contribution is 0.102. The smallest absolute Gasteiger partial charge is 0.255 e. The number of nitrogens with one attached hydrogen (secondary N) is 2. The van der Waals surface area contributed by atoms with Gasteiger partial charge in [-0.25, -0.2) is 4.98 Å². The zero-order valence-electron chi connectivity index (χ0n) is 18.1. The van der Waals surface area contributed by atoms with E-state index in [4.69, 9.17) is 4.74 Å². The van der Waals surface area contributed by atoms with E-state index in [1.165, 1.54) is 12.8 Å². The molecular weight excluding hydrogens is 400 g/mol. The fourth-order valence-electron chi connectivity index (χ4n) is 4.27. The van der Waals surface area contributed by atoms with Crippen molar-refractivity contribution in [2.24, 2.45) is 0 Å². The number of imidazole rings is 1. The van der Waals surface area contributed by atoms with Crippen LogP contribution in [-0.4, -0.2) is 41.0 Å². The number of aromatic amines is 1. The number of methoxy groups -OCH3 is 1. The third kappa shape index (κ3) is 4.09. The van der Waals surface area contributed by atoms with E-state index in [0.29, 0.717) is 11.3 Å². The molecule has 32 heavy (non-hydrogen) atoms. The molecule has 1 aliphatic heterocycles.